The number of anilines is 1. The number of ether oxygens (including phenoxy) is 1. The fraction of sp³-hybridized carbons (Fsp3) is 0.778. The van der Waals surface area contributed by atoms with Gasteiger partial charge in [-0.2, -0.15) is 0 Å². The molecule has 0 unspecified atom stereocenters. The molecule has 0 N–H and O–H groups in total. The van der Waals surface area contributed by atoms with Crippen molar-refractivity contribution in [2.75, 3.05) is 24.7 Å². The third-order valence-corrected chi connectivity index (χ3v) is 5.00. The third-order valence-electron chi connectivity index (χ3n) is 5.00. The zero-order chi connectivity index (χ0) is 15.4. The van der Waals surface area contributed by atoms with E-state index in [1.807, 2.05) is 6.92 Å². The number of rotatable bonds is 6. The molecule has 0 bridgehead atoms. The largest absolute Gasteiger partial charge is 0.381 e. The summed E-state index contributed by atoms with van der Waals surface area (Å²) in [5.74, 6) is 2.51. The van der Waals surface area contributed by atoms with E-state index in [1.165, 1.54) is 44.2 Å². The number of unbranched alkanes of at least 4 members (excludes halogenated alkanes) is 1. The van der Waals surface area contributed by atoms with Crippen LogP contribution in [0.3, 0.4) is 0 Å². The predicted octanol–water partition coefficient (Wildman–Crippen LogP) is 3.84. The normalized spacial score (nSPS) is 22.4. The van der Waals surface area contributed by atoms with Gasteiger partial charge in [0.25, 0.3) is 0 Å². The van der Waals surface area contributed by atoms with Gasteiger partial charge in [-0.3, -0.25) is 0 Å². The van der Waals surface area contributed by atoms with Crippen molar-refractivity contribution in [3.05, 3.63) is 17.6 Å². The Labute approximate surface area is 134 Å². The van der Waals surface area contributed by atoms with Crippen LogP contribution in [0.4, 0.5) is 5.82 Å². The van der Waals surface area contributed by atoms with E-state index in [0.29, 0.717) is 12.0 Å². The Kier molecular flexibility index (Phi) is 5.29. The van der Waals surface area contributed by atoms with Gasteiger partial charge in [0, 0.05) is 31.2 Å². The Morgan fingerprint density at radius 2 is 2.05 bits per heavy atom. The van der Waals surface area contributed by atoms with Crippen LogP contribution in [0.15, 0.2) is 6.07 Å². The Morgan fingerprint density at radius 1 is 1.23 bits per heavy atom. The lowest BCUT2D eigenvalue weighted by Crippen LogP contribution is -2.35. The average molecular weight is 303 g/mol. The molecule has 1 aliphatic heterocycles. The van der Waals surface area contributed by atoms with Gasteiger partial charge in [-0.25, -0.2) is 9.97 Å². The maximum atomic E-state index is 5.54. The van der Waals surface area contributed by atoms with Crippen molar-refractivity contribution in [3.8, 4) is 0 Å². The fourth-order valence-electron chi connectivity index (χ4n) is 3.73. The maximum absolute atomic E-state index is 5.54. The molecule has 1 atom stereocenters. The minimum Gasteiger partial charge on any atom is -0.381 e. The van der Waals surface area contributed by atoms with Crippen LogP contribution >= 0.6 is 0 Å². The van der Waals surface area contributed by atoms with E-state index in [1.54, 1.807) is 0 Å². The summed E-state index contributed by atoms with van der Waals surface area (Å²) in [5, 5.41) is 0. The summed E-state index contributed by atoms with van der Waals surface area (Å²) in [6.07, 6.45) is 8.91. The van der Waals surface area contributed by atoms with Crippen molar-refractivity contribution in [1.82, 2.24) is 9.97 Å². The predicted molar refractivity (Wildman–Crippen MR) is 89.5 cm³/mol. The maximum Gasteiger partial charge on any atom is 0.132 e. The van der Waals surface area contributed by atoms with Crippen LogP contribution in [0.5, 0.6) is 0 Å². The Balaban J connectivity index is 1.85. The molecule has 1 saturated carbocycles. The minimum atomic E-state index is 0.456. The lowest BCUT2D eigenvalue weighted by molar-refractivity contribution is 0.193. The quantitative estimate of drug-likeness (QED) is 0.800. The molecule has 0 spiro atoms. The minimum absolute atomic E-state index is 0.456. The molecule has 2 heterocycles. The molecule has 1 aromatic heterocycles. The van der Waals surface area contributed by atoms with E-state index < -0.39 is 0 Å². The first-order chi connectivity index (χ1) is 10.8. The van der Waals surface area contributed by atoms with Crippen LogP contribution in [0.1, 0.15) is 69.3 Å². The number of aryl methyl sites for hydroxylation is 1. The second-order valence-corrected chi connectivity index (χ2v) is 6.74. The third kappa shape index (κ3) is 3.60. The van der Waals surface area contributed by atoms with Crippen molar-refractivity contribution in [3.63, 3.8) is 0 Å². The highest BCUT2D eigenvalue weighted by Gasteiger charge is 2.26. The molecule has 0 radical (unpaired) electrons. The Morgan fingerprint density at radius 3 is 2.73 bits per heavy atom. The van der Waals surface area contributed by atoms with Crippen molar-refractivity contribution in [2.45, 2.75) is 70.8 Å². The average Bonchev–Trinajstić information content (AvgIpc) is 3.21. The molecule has 2 aliphatic rings. The summed E-state index contributed by atoms with van der Waals surface area (Å²) in [6.45, 7) is 7.09. The van der Waals surface area contributed by atoms with Crippen LogP contribution in [-0.4, -0.2) is 35.8 Å². The van der Waals surface area contributed by atoms with Gasteiger partial charge in [0.1, 0.15) is 11.6 Å². The zero-order valence-corrected chi connectivity index (χ0v) is 14.1. The molecule has 122 valence electrons. The van der Waals surface area contributed by atoms with Crippen LogP contribution < -0.4 is 4.90 Å². The summed E-state index contributed by atoms with van der Waals surface area (Å²) in [5.41, 5.74) is 1.18. The van der Waals surface area contributed by atoms with Gasteiger partial charge in [0.15, 0.2) is 0 Å². The molecule has 22 heavy (non-hydrogen) atoms. The number of aromatic nitrogens is 2. The van der Waals surface area contributed by atoms with Gasteiger partial charge in [0.05, 0.1) is 12.3 Å². The second kappa shape index (κ2) is 7.40. The summed E-state index contributed by atoms with van der Waals surface area (Å²) in [4.78, 5) is 12.0. The number of nitrogens with zero attached hydrogens (tertiary/aromatic N) is 3. The lowest BCUT2D eigenvalue weighted by atomic mass is 10.0. The molecule has 4 heteroatoms. The van der Waals surface area contributed by atoms with Gasteiger partial charge >= 0.3 is 0 Å². The van der Waals surface area contributed by atoms with Crippen molar-refractivity contribution < 1.29 is 4.74 Å². The molecule has 2 fully saturated rings. The molecule has 1 saturated heterocycles. The summed E-state index contributed by atoms with van der Waals surface area (Å²) in [6, 6.07) is 2.91. The zero-order valence-electron chi connectivity index (χ0n) is 14.1. The first kappa shape index (κ1) is 15.7. The van der Waals surface area contributed by atoms with Gasteiger partial charge in [-0.1, -0.05) is 26.2 Å². The van der Waals surface area contributed by atoms with E-state index in [2.05, 4.69) is 22.9 Å². The monoisotopic (exact) mass is 303 g/mol. The van der Waals surface area contributed by atoms with E-state index >= 15 is 0 Å². The first-order valence-electron chi connectivity index (χ1n) is 8.98. The van der Waals surface area contributed by atoms with Crippen molar-refractivity contribution >= 4 is 5.82 Å². The molecule has 1 aliphatic carbocycles. The van der Waals surface area contributed by atoms with E-state index in [0.717, 1.165) is 37.8 Å². The number of hydrogen-bond donors (Lipinski definition) is 0. The standard InChI is InChI=1S/C18H29N3O/c1-3-4-10-21(16-7-5-6-8-16)18-12-17(19-14(2)20-18)15-9-11-22-13-15/h12,15-16H,3-11,13H2,1-2H3/t15-/m1/s1. The molecular weight excluding hydrogens is 274 g/mol. The first-order valence-corrected chi connectivity index (χ1v) is 8.98. The SMILES string of the molecule is CCCCN(c1cc([C@@H]2CCOC2)nc(C)n1)C1CCCC1. The van der Waals surface area contributed by atoms with Crippen LogP contribution in [-0.2, 0) is 4.74 Å². The lowest BCUT2D eigenvalue weighted by Gasteiger charge is -2.30. The molecule has 4 nitrogen and oxygen atoms in total. The van der Waals surface area contributed by atoms with Gasteiger partial charge in [-0.15, -0.1) is 0 Å². The molecular formula is C18H29N3O. The van der Waals surface area contributed by atoms with E-state index in [-0.39, 0.29) is 0 Å². The Bertz CT molecular complexity index is 479. The highest BCUT2D eigenvalue weighted by Crippen LogP contribution is 2.30. The van der Waals surface area contributed by atoms with Crippen LogP contribution in [0.25, 0.3) is 0 Å². The van der Waals surface area contributed by atoms with Gasteiger partial charge in [-0.05, 0) is 32.6 Å². The van der Waals surface area contributed by atoms with Crippen LogP contribution in [0.2, 0.25) is 0 Å². The molecule has 0 amide bonds. The molecule has 1 aromatic rings. The summed E-state index contributed by atoms with van der Waals surface area (Å²) >= 11 is 0. The molecule has 0 aromatic carbocycles. The number of hydrogen-bond acceptors (Lipinski definition) is 4. The fourth-order valence-corrected chi connectivity index (χ4v) is 3.73. The molecule has 3 rings (SSSR count). The Hall–Kier alpha value is -1.16. The summed E-state index contributed by atoms with van der Waals surface area (Å²) < 4.78 is 5.54. The smallest absolute Gasteiger partial charge is 0.132 e. The van der Waals surface area contributed by atoms with Crippen molar-refractivity contribution in [1.29, 1.82) is 0 Å². The van der Waals surface area contributed by atoms with Gasteiger partial charge < -0.3 is 9.64 Å². The van der Waals surface area contributed by atoms with E-state index in [4.69, 9.17) is 9.72 Å². The van der Waals surface area contributed by atoms with Crippen molar-refractivity contribution in [2.24, 2.45) is 0 Å². The summed E-state index contributed by atoms with van der Waals surface area (Å²) in [7, 11) is 0. The van der Waals surface area contributed by atoms with Gasteiger partial charge in [0.2, 0.25) is 0 Å². The highest BCUT2D eigenvalue weighted by atomic mass is 16.5. The highest BCUT2D eigenvalue weighted by molar-refractivity contribution is 5.42. The second-order valence-electron chi connectivity index (χ2n) is 6.74. The van der Waals surface area contributed by atoms with Crippen LogP contribution in [0, 0.1) is 6.92 Å². The topological polar surface area (TPSA) is 38.2 Å². The van der Waals surface area contributed by atoms with E-state index in [9.17, 15) is 0 Å².